The van der Waals surface area contributed by atoms with Crippen molar-refractivity contribution in [2.45, 2.75) is 64.8 Å². The molecule has 0 nitrogen and oxygen atoms in total. The van der Waals surface area contributed by atoms with E-state index >= 15 is 0 Å². The first-order valence-electron chi connectivity index (χ1n) is 2.00. The van der Waals surface area contributed by atoms with Crippen LogP contribution < -0.4 is 0 Å². The molecular formula is C9H32U5. The summed E-state index contributed by atoms with van der Waals surface area (Å²) in [5.41, 5.74) is 0. The van der Waals surface area contributed by atoms with Crippen molar-refractivity contribution in [3.8, 4) is 0 Å². The molecule has 88 valence electrons. The van der Waals surface area contributed by atoms with Gasteiger partial charge in [0.1, 0.15) is 0 Å². The summed E-state index contributed by atoms with van der Waals surface area (Å²) in [6, 6.07) is 0. The summed E-state index contributed by atoms with van der Waals surface area (Å²) in [4.78, 5) is 0. The Kier molecular flexibility index (Phi) is 1710. The Morgan fingerprint density at radius 2 is 0.286 bits per heavy atom. The second kappa shape index (κ2) is 197. The average Bonchev–Trinajstić information content (AvgIpc) is 1.50. The van der Waals surface area contributed by atoms with E-state index in [1.54, 1.807) is 0 Å². The van der Waals surface area contributed by atoms with Crippen molar-refractivity contribution in [1.29, 1.82) is 0 Å². The smallest absolute Gasteiger partial charge is 0 e. The molecule has 0 saturated heterocycles. The monoisotopic (exact) mass is 1330 g/mol. The fourth-order valence-corrected chi connectivity index (χ4v) is 0. The van der Waals surface area contributed by atoms with Crippen LogP contribution in [0.1, 0.15) is 64.8 Å². The van der Waals surface area contributed by atoms with Crippen LogP contribution in [0.3, 0.4) is 0 Å². The van der Waals surface area contributed by atoms with Crippen LogP contribution in [-0.2, 0) is 0 Å². The predicted octanol–water partition coefficient (Wildman–Crippen LogP) is 5.23. The Morgan fingerprint density at radius 3 is 0.286 bits per heavy atom. The molecule has 0 aliphatic heterocycles. The van der Waals surface area contributed by atoms with E-state index in [-0.39, 0.29) is 193 Å². The molecule has 0 N–H and O–H groups in total. The van der Waals surface area contributed by atoms with E-state index in [0.717, 1.165) is 0 Å². The molecule has 0 atom stereocenters. The van der Waals surface area contributed by atoms with Crippen molar-refractivity contribution in [3.63, 3.8) is 0 Å². The minimum Gasteiger partial charge on any atom is -0.0776 e. The van der Waals surface area contributed by atoms with Crippen LogP contribution in [-0.4, -0.2) is 0 Å². The van der Waals surface area contributed by atoms with Gasteiger partial charge in [-0.25, -0.2) is 0 Å². The van der Waals surface area contributed by atoms with E-state index in [1.807, 2.05) is 27.7 Å². The molecule has 0 rings (SSSR count). The number of hydrogen-bond donors (Lipinski definition) is 0. The van der Waals surface area contributed by atoms with Crippen LogP contribution in [0.15, 0.2) is 0 Å². The van der Waals surface area contributed by atoms with Crippen LogP contribution in [0.2, 0.25) is 0 Å². The van der Waals surface area contributed by atoms with E-state index in [4.69, 9.17) is 0 Å². The van der Waals surface area contributed by atoms with Gasteiger partial charge in [-0.1, -0.05) is 64.8 Å². The molecule has 5 heteroatoms. The predicted molar refractivity (Wildman–Crippen MR) is 56.4 cm³/mol. The van der Waals surface area contributed by atoms with Gasteiger partial charge in [-0.15, -0.1) is 0 Å². The van der Waals surface area contributed by atoms with E-state index in [0.29, 0.717) is 0 Å². The topological polar surface area (TPSA) is 0 Å². The van der Waals surface area contributed by atoms with Crippen molar-refractivity contribution in [3.05, 3.63) is 0 Å². The second-order valence-electron chi connectivity index (χ2n) is 0. The summed E-state index contributed by atoms with van der Waals surface area (Å²) in [7, 11) is 0. The Labute approximate surface area is 215 Å². The first-order chi connectivity index (χ1) is 2.00. The normalized spacial score (nSPS) is 0.857. The Balaban J connectivity index is -0.000000000333. The molecule has 0 saturated carbocycles. The molecule has 0 aromatic carbocycles. The van der Waals surface area contributed by atoms with Crippen molar-refractivity contribution in [1.82, 2.24) is 0 Å². The minimum absolute atomic E-state index is 0. The van der Waals surface area contributed by atoms with Crippen LogP contribution in [0.5, 0.6) is 0 Å². The van der Waals surface area contributed by atoms with Crippen molar-refractivity contribution in [2.75, 3.05) is 0 Å². The van der Waals surface area contributed by atoms with Gasteiger partial charge < -0.3 is 0 Å². The molecule has 0 aromatic rings. The summed E-state index contributed by atoms with van der Waals surface area (Å²) in [5, 5.41) is 0. The van der Waals surface area contributed by atoms with Gasteiger partial charge in [0, 0.05) is 156 Å². The largest absolute Gasteiger partial charge is 0.0776 e. The molecule has 0 spiro atoms. The van der Waals surface area contributed by atoms with Gasteiger partial charge in [0.25, 0.3) is 0 Å². The standard InChI is InChI=1S/2C2H6.5CH4.5U/c2*1-2;;;;;;;;;;/h2*1-2H3;5*1H4;;;;;. The fraction of sp³-hybridized carbons (Fsp3) is 1.00. The fourth-order valence-electron chi connectivity index (χ4n) is 0. The maximum absolute atomic E-state index is 2.00. The van der Waals surface area contributed by atoms with E-state index in [9.17, 15) is 0 Å². The zero-order valence-corrected chi connectivity index (χ0v) is 27.3. The summed E-state index contributed by atoms with van der Waals surface area (Å²) in [6.45, 7) is 8.00. The van der Waals surface area contributed by atoms with Crippen molar-refractivity contribution in [2.24, 2.45) is 0 Å². The van der Waals surface area contributed by atoms with Crippen LogP contribution in [0.4, 0.5) is 0 Å². The molecule has 0 aliphatic carbocycles. The molecule has 0 aromatic heterocycles. The molecule has 0 radical (unpaired) electrons. The quantitative estimate of drug-likeness (QED) is 0.312. The minimum atomic E-state index is 0. The first-order valence-corrected chi connectivity index (χ1v) is 2.00. The van der Waals surface area contributed by atoms with E-state index < -0.39 is 0 Å². The maximum atomic E-state index is 2.00. The third kappa shape index (κ3) is 165. The summed E-state index contributed by atoms with van der Waals surface area (Å²) in [6.07, 6.45) is 0. The third-order valence-electron chi connectivity index (χ3n) is 0. The molecule has 0 amide bonds. The SMILES string of the molecule is C.C.C.C.C.CC.CC.[U].[U].[U].[U].[U]. The van der Waals surface area contributed by atoms with Gasteiger partial charge in [-0.2, -0.15) is 0 Å². The molecule has 0 fully saturated rings. The van der Waals surface area contributed by atoms with Gasteiger partial charge in [0.2, 0.25) is 0 Å². The van der Waals surface area contributed by atoms with E-state index in [2.05, 4.69) is 0 Å². The molecular weight excluding hydrogens is 1300 g/mol. The molecule has 0 heterocycles. The van der Waals surface area contributed by atoms with Crippen LogP contribution in [0.25, 0.3) is 0 Å². The Bertz CT molecular complexity index is 13.2. The Morgan fingerprint density at radius 1 is 0.286 bits per heavy atom. The second-order valence-corrected chi connectivity index (χ2v) is 0. The summed E-state index contributed by atoms with van der Waals surface area (Å²) >= 11 is 0. The van der Waals surface area contributed by atoms with Gasteiger partial charge in [-0.3, -0.25) is 0 Å². The van der Waals surface area contributed by atoms with Crippen molar-refractivity contribution < 1.29 is 156 Å². The zero-order chi connectivity index (χ0) is 4.00. The average molecular weight is 1330 g/mol. The zero-order valence-electron chi connectivity index (χ0n) is 6.50. The number of hydrogen-bond acceptors (Lipinski definition) is 0. The van der Waals surface area contributed by atoms with Crippen LogP contribution in [0, 0.1) is 156 Å². The molecule has 0 unspecified atom stereocenters. The van der Waals surface area contributed by atoms with Crippen molar-refractivity contribution >= 4 is 0 Å². The molecule has 0 aliphatic rings. The van der Waals surface area contributed by atoms with Gasteiger partial charge in [-0.05, 0) is 0 Å². The molecule has 0 bridgehead atoms. The summed E-state index contributed by atoms with van der Waals surface area (Å²) < 4.78 is 0. The summed E-state index contributed by atoms with van der Waals surface area (Å²) in [5.74, 6) is 0. The van der Waals surface area contributed by atoms with E-state index in [1.165, 1.54) is 0 Å². The van der Waals surface area contributed by atoms with Crippen LogP contribution >= 0.6 is 0 Å². The van der Waals surface area contributed by atoms with Gasteiger partial charge in [0.05, 0.1) is 0 Å². The number of rotatable bonds is 0. The Hall–Kier alpha value is 5.26. The molecule has 14 heavy (non-hydrogen) atoms. The van der Waals surface area contributed by atoms with Gasteiger partial charge in [0.15, 0.2) is 0 Å². The van der Waals surface area contributed by atoms with Gasteiger partial charge >= 0.3 is 0 Å². The maximum Gasteiger partial charge on any atom is 0 e. The third-order valence-corrected chi connectivity index (χ3v) is 0. The first kappa shape index (κ1) is 122.